The average molecular weight is 319 g/mol. The highest BCUT2D eigenvalue weighted by molar-refractivity contribution is 5.68. The molecule has 0 aliphatic carbocycles. The van der Waals surface area contributed by atoms with Crippen molar-refractivity contribution in [3.8, 4) is 0 Å². The molecule has 128 valence electrons. The number of hydrogen-bond donors (Lipinski definition) is 0. The van der Waals surface area contributed by atoms with Crippen LogP contribution in [0.15, 0.2) is 0 Å². The lowest BCUT2D eigenvalue weighted by molar-refractivity contribution is -0.0680. The number of carbonyl (C=O) groups is 2. The van der Waals surface area contributed by atoms with E-state index in [1.807, 2.05) is 0 Å². The SMILES string of the molecule is CC(C)(C)OC(=O)O[C@H]1CN(C(=O)OC(C)(C)C)CC[C@@H]1F. The van der Waals surface area contributed by atoms with Gasteiger partial charge >= 0.3 is 12.2 Å². The van der Waals surface area contributed by atoms with Crippen LogP contribution < -0.4 is 0 Å². The third-order valence-electron chi connectivity index (χ3n) is 2.77. The zero-order valence-electron chi connectivity index (χ0n) is 14.1. The Balaban J connectivity index is 2.60. The van der Waals surface area contributed by atoms with Gasteiger partial charge in [-0.05, 0) is 41.5 Å². The molecule has 7 heteroatoms. The van der Waals surface area contributed by atoms with Gasteiger partial charge in [0, 0.05) is 13.0 Å². The van der Waals surface area contributed by atoms with Crippen LogP contribution in [0.1, 0.15) is 48.0 Å². The second-order valence-electron chi connectivity index (χ2n) is 7.35. The summed E-state index contributed by atoms with van der Waals surface area (Å²) in [6, 6.07) is 0. The second-order valence-corrected chi connectivity index (χ2v) is 7.35. The van der Waals surface area contributed by atoms with Gasteiger partial charge in [-0.2, -0.15) is 0 Å². The van der Waals surface area contributed by atoms with E-state index in [2.05, 4.69) is 0 Å². The van der Waals surface area contributed by atoms with Crippen molar-refractivity contribution in [2.24, 2.45) is 0 Å². The van der Waals surface area contributed by atoms with E-state index in [4.69, 9.17) is 14.2 Å². The van der Waals surface area contributed by atoms with Gasteiger partial charge in [0.05, 0.1) is 6.54 Å². The normalized spacial score (nSPS) is 23.0. The predicted molar refractivity (Wildman–Crippen MR) is 78.4 cm³/mol. The lowest BCUT2D eigenvalue weighted by Crippen LogP contribution is -2.50. The Morgan fingerprint density at radius 3 is 2.09 bits per heavy atom. The number of piperidine rings is 1. The number of hydrogen-bond acceptors (Lipinski definition) is 5. The van der Waals surface area contributed by atoms with Crippen LogP contribution in [0, 0.1) is 0 Å². The van der Waals surface area contributed by atoms with Crippen molar-refractivity contribution in [2.75, 3.05) is 13.1 Å². The fourth-order valence-corrected chi connectivity index (χ4v) is 1.89. The van der Waals surface area contributed by atoms with Gasteiger partial charge in [0.15, 0.2) is 6.10 Å². The lowest BCUT2D eigenvalue weighted by atomic mass is 10.1. The molecule has 0 aromatic rings. The van der Waals surface area contributed by atoms with Crippen molar-refractivity contribution in [2.45, 2.75) is 71.4 Å². The highest BCUT2D eigenvalue weighted by atomic mass is 19.1. The molecule has 1 rings (SSSR count). The third-order valence-corrected chi connectivity index (χ3v) is 2.77. The minimum absolute atomic E-state index is 0.0463. The van der Waals surface area contributed by atoms with Gasteiger partial charge in [-0.3, -0.25) is 0 Å². The van der Waals surface area contributed by atoms with Crippen LogP contribution in [0.3, 0.4) is 0 Å². The number of amides is 1. The summed E-state index contributed by atoms with van der Waals surface area (Å²) in [6.07, 6.45) is -3.77. The summed E-state index contributed by atoms with van der Waals surface area (Å²) in [5.41, 5.74) is -1.35. The average Bonchev–Trinajstić information content (AvgIpc) is 2.27. The van der Waals surface area contributed by atoms with Crippen LogP contribution in [0.25, 0.3) is 0 Å². The van der Waals surface area contributed by atoms with Crippen LogP contribution in [0.5, 0.6) is 0 Å². The van der Waals surface area contributed by atoms with Gasteiger partial charge < -0.3 is 19.1 Å². The Kier molecular flexibility index (Phi) is 5.65. The Bertz CT molecular complexity index is 413. The van der Waals surface area contributed by atoms with E-state index in [0.29, 0.717) is 0 Å². The molecule has 1 saturated heterocycles. The van der Waals surface area contributed by atoms with Crippen LogP contribution in [0.2, 0.25) is 0 Å². The van der Waals surface area contributed by atoms with Gasteiger partial charge in [-0.25, -0.2) is 14.0 Å². The molecule has 1 aliphatic heterocycles. The summed E-state index contributed by atoms with van der Waals surface area (Å²) in [7, 11) is 0. The monoisotopic (exact) mass is 319 g/mol. The molecule has 0 unspecified atom stereocenters. The highest BCUT2D eigenvalue weighted by Crippen LogP contribution is 2.21. The van der Waals surface area contributed by atoms with Gasteiger partial charge in [0.2, 0.25) is 0 Å². The first-order valence-electron chi connectivity index (χ1n) is 7.39. The summed E-state index contributed by atoms with van der Waals surface area (Å²) in [5, 5.41) is 0. The molecule has 2 atom stereocenters. The first-order chi connectivity index (χ1) is 9.87. The molecule has 0 radical (unpaired) electrons. The highest BCUT2D eigenvalue weighted by Gasteiger charge is 2.36. The van der Waals surface area contributed by atoms with E-state index in [0.717, 1.165) is 0 Å². The van der Waals surface area contributed by atoms with Crippen LogP contribution in [-0.4, -0.2) is 53.7 Å². The molecule has 0 aromatic carbocycles. The maximum atomic E-state index is 13.9. The Morgan fingerprint density at radius 1 is 1.05 bits per heavy atom. The smallest absolute Gasteiger partial charge is 0.444 e. The summed E-state index contributed by atoms with van der Waals surface area (Å²) in [6.45, 7) is 10.5. The van der Waals surface area contributed by atoms with Crippen molar-refractivity contribution in [1.29, 1.82) is 0 Å². The molecular weight excluding hydrogens is 293 g/mol. The van der Waals surface area contributed by atoms with Crippen molar-refractivity contribution in [1.82, 2.24) is 4.90 Å². The molecule has 1 fully saturated rings. The van der Waals surface area contributed by atoms with Crippen molar-refractivity contribution in [3.63, 3.8) is 0 Å². The largest absolute Gasteiger partial charge is 0.509 e. The van der Waals surface area contributed by atoms with Crippen LogP contribution >= 0.6 is 0 Å². The molecule has 1 aliphatic rings. The van der Waals surface area contributed by atoms with Crippen molar-refractivity contribution >= 4 is 12.2 Å². The standard InChI is InChI=1S/C15H26FNO5/c1-14(2,3)21-12(18)17-8-7-10(16)11(9-17)20-13(19)22-15(4,5)6/h10-11H,7-9H2,1-6H3/t10-,11-/m0/s1. The number of halogens is 1. The summed E-state index contributed by atoms with van der Waals surface area (Å²) in [4.78, 5) is 25.0. The van der Waals surface area contributed by atoms with E-state index in [-0.39, 0.29) is 19.5 Å². The van der Waals surface area contributed by atoms with Crippen LogP contribution in [0.4, 0.5) is 14.0 Å². The molecule has 22 heavy (non-hydrogen) atoms. The summed E-state index contributed by atoms with van der Waals surface area (Å²) < 4.78 is 29.2. The number of likely N-dealkylation sites (tertiary alicyclic amines) is 1. The zero-order chi connectivity index (χ0) is 17.1. The van der Waals surface area contributed by atoms with Gasteiger partial charge in [-0.15, -0.1) is 0 Å². The lowest BCUT2D eigenvalue weighted by Gasteiger charge is -2.35. The molecule has 0 saturated carbocycles. The molecule has 0 bridgehead atoms. The fraction of sp³-hybridized carbons (Fsp3) is 0.867. The zero-order valence-corrected chi connectivity index (χ0v) is 14.1. The Morgan fingerprint density at radius 2 is 1.59 bits per heavy atom. The minimum atomic E-state index is -1.33. The number of rotatable bonds is 1. The molecule has 6 nitrogen and oxygen atoms in total. The quantitative estimate of drug-likeness (QED) is 0.694. The van der Waals surface area contributed by atoms with Gasteiger partial charge in [0.25, 0.3) is 0 Å². The first kappa shape index (κ1) is 18.5. The maximum absolute atomic E-state index is 13.9. The fourth-order valence-electron chi connectivity index (χ4n) is 1.89. The molecule has 0 aromatic heterocycles. The van der Waals surface area contributed by atoms with Crippen molar-refractivity contribution in [3.05, 3.63) is 0 Å². The van der Waals surface area contributed by atoms with E-state index in [9.17, 15) is 14.0 Å². The van der Waals surface area contributed by atoms with E-state index < -0.39 is 35.7 Å². The summed E-state index contributed by atoms with van der Waals surface area (Å²) in [5.74, 6) is 0. The molecule has 0 N–H and O–H groups in total. The minimum Gasteiger partial charge on any atom is -0.444 e. The first-order valence-corrected chi connectivity index (χ1v) is 7.39. The number of ether oxygens (including phenoxy) is 3. The molecule has 1 amide bonds. The Hall–Kier alpha value is -1.53. The molecule has 1 heterocycles. The Labute approximate surface area is 130 Å². The van der Waals surface area contributed by atoms with E-state index in [1.165, 1.54) is 4.90 Å². The van der Waals surface area contributed by atoms with Gasteiger partial charge in [-0.1, -0.05) is 0 Å². The molecule has 0 spiro atoms. The second kappa shape index (κ2) is 6.71. The predicted octanol–water partition coefficient (Wildman–Crippen LogP) is 3.29. The molecular formula is C15H26FNO5. The summed E-state index contributed by atoms with van der Waals surface area (Å²) >= 11 is 0. The number of nitrogens with zero attached hydrogens (tertiary/aromatic N) is 1. The number of carbonyl (C=O) groups excluding carboxylic acids is 2. The van der Waals surface area contributed by atoms with Gasteiger partial charge in [0.1, 0.15) is 17.4 Å². The van der Waals surface area contributed by atoms with E-state index in [1.54, 1.807) is 41.5 Å². The maximum Gasteiger partial charge on any atom is 0.509 e. The third kappa shape index (κ3) is 6.49. The topological polar surface area (TPSA) is 65.1 Å². The van der Waals surface area contributed by atoms with E-state index >= 15 is 0 Å². The van der Waals surface area contributed by atoms with Crippen LogP contribution in [-0.2, 0) is 14.2 Å². The number of alkyl halides is 1. The van der Waals surface area contributed by atoms with Crippen molar-refractivity contribution < 1.29 is 28.2 Å².